The molecule has 0 bridgehead atoms. The van der Waals surface area contributed by atoms with Crippen LogP contribution in [0, 0.1) is 10.1 Å². The number of nitrogens with zero attached hydrogens (tertiary/aromatic N) is 3. The molecule has 2 aromatic carbocycles. The van der Waals surface area contributed by atoms with Gasteiger partial charge >= 0.3 is 0 Å². The van der Waals surface area contributed by atoms with Gasteiger partial charge in [-0.15, -0.1) is 0 Å². The van der Waals surface area contributed by atoms with Crippen molar-refractivity contribution < 1.29 is 19.2 Å². The first-order valence-corrected chi connectivity index (χ1v) is 9.30. The first-order valence-electron chi connectivity index (χ1n) is 8.92. The number of anilines is 1. The lowest BCUT2D eigenvalue weighted by Crippen LogP contribution is -2.35. The molecule has 10 heteroatoms. The van der Waals surface area contributed by atoms with Crippen LogP contribution in [-0.4, -0.2) is 21.7 Å². The Bertz CT molecular complexity index is 1210. The van der Waals surface area contributed by atoms with Crippen molar-refractivity contribution in [1.29, 1.82) is 0 Å². The standard InChI is InChI=1S/C21H13ClN4O5/c22-17-11-13(6-8-18(17)31-19-9-7-15(12-23-19)26(29)30)10-16-20(27)24-25(21(16)28)14-4-2-1-3-5-14/h1-12H,(H,24,27). The van der Waals surface area contributed by atoms with E-state index >= 15 is 0 Å². The zero-order chi connectivity index (χ0) is 22.0. The molecule has 0 spiro atoms. The fraction of sp³-hybridized carbons (Fsp3) is 0. The number of hydrogen-bond donors (Lipinski definition) is 1. The van der Waals surface area contributed by atoms with Crippen LogP contribution >= 0.6 is 11.6 Å². The molecule has 1 aliphatic rings. The molecule has 1 saturated heterocycles. The van der Waals surface area contributed by atoms with Gasteiger partial charge in [0.25, 0.3) is 17.5 Å². The lowest BCUT2D eigenvalue weighted by molar-refractivity contribution is -0.385. The number of halogens is 1. The number of benzene rings is 2. The zero-order valence-corrected chi connectivity index (χ0v) is 16.4. The molecule has 1 fully saturated rings. The van der Waals surface area contributed by atoms with Crippen molar-refractivity contribution in [3.05, 3.63) is 93.1 Å². The molecular weight excluding hydrogens is 424 g/mol. The highest BCUT2D eigenvalue weighted by Gasteiger charge is 2.34. The largest absolute Gasteiger partial charge is 0.437 e. The summed E-state index contributed by atoms with van der Waals surface area (Å²) in [7, 11) is 0. The number of amides is 2. The van der Waals surface area contributed by atoms with Crippen LogP contribution in [0.5, 0.6) is 11.6 Å². The van der Waals surface area contributed by atoms with Crippen LogP contribution in [0.15, 0.2) is 72.4 Å². The van der Waals surface area contributed by atoms with Gasteiger partial charge in [-0.2, -0.15) is 0 Å². The molecule has 0 unspecified atom stereocenters. The van der Waals surface area contributed by atoms with Crippen LogP contribution in [0.3, 0.4) is 0 Å². The van der Waals surface area contributed by atoms with E-state index in [4.69, 9.17) is 16.3 Å². The molecule has 0 atom stereocenters. The number of hydrazine groups is 1. The molecule has 1 aromatic heterocycles. The van der Waals surface area contributed by atoms with Gasteiger partial charge in [0.2, 0.25) is 5.88 Å². The molecule has 1 N–H and O–H groups in total. The molecular formula is C21H13ClN4O5. The molecule has 2 heterocycles. The Morgan fingerprint density at radius 1 is 1.10 bits per heavy atom. The van der Waals surface area contributed by atoms with Gasteiger partial charge in [-0.25, -0.2) is 9.99 Å². The highest BCUT2D eigenvalue weighted by molar-refractivity contribution is 6.33. The summed E-state index contributed by atoms with van der Waals surface area (Å²) in [5.74, 6) is -0.621. The Morgan fingerprint density at radius 3 is 2.52 bits per heavy atom. The molecule has 2 amide bonds. The SMILES string of the molecule is O=C1NN(c2ccccc2)C(=O)C1=Cc1ccc(Oc2ccc([N+](=O)[O-])cn2)c(Cl)c1. The Labute approximate surface area is 180 Å². The number of ether oxygens (including phenoxy) is 1. The summed E-state index contributed by atoms with van der Waals surface area (Å²) in [5, 5.41) is 12.1. The summed E-state index contributed by atoms with van der Waals surface area (Å²) < 4.78 is 5.55. The van der Waals surface area contributed by atoms with E-state index in [-0.39, 0.29) is 27.9 Å². The van der Waals surface area contributed by atoms with Crippen LogP contribution in [0.4, 0.5) is 11.4 Å². The van der Waals surface area contributed by atoms with Crippen LogP contribution in [-0.2, 0) is 9.59 Å². The van der Waals surface area contributed by atoms with E-state index in [0.29, 0.717) is 11.3 Å². The number of para-hydroxylation sites is 1. The van der Waals surface area contributed by atoms with E-state index in [2.05, 4.69) is 10.4 Å². The monoisotopic (exact) mass is 436 g/mol. The van der Waals surface area contributed by atoms with Gasteiger partial charge in [-0.1, -0.05) is 35.9 Å². The summed E-state index contributed by atoms with van der Waals surface area (Å²) in [6.07, 6.45) is 2.51. The fourth-order valence-electron chi connectivity index (χ4n) is 2.83. The second-order valence-corrected chi connectivity index (χ2v) is 6.79. The Kier molecular flexibility index (Phi) is 5.33. The van der Waals surface area contributed by atoms with Gasteiger partial charge in [-0.3, -0.25) is 25.1 Å². The van der Waals surface area contributed by atoms with Gasteiger partial charge in [-0.05, 0) is 35.9 Å². The lowest BCUT2D eigenvalue weighted by atomic mass is 10.1. The number of nitrogens with one attached hydrogen (secondary N) is 1. The minimum Gasteiger partial charge on any atom is -0.437 e. The molecule has 3 aromatic rings. The van der Waals surface area contributed by atoms with Crippen LogP contribution in [0.25, 0.3) is 6.08 Å². The van der Waals surface area contributed by atoms with E-state index in [1.165, 1.54) is 29.3 Å². The van der Waals surface area contributed by atoms with Gasteiger partial charge < -0.3 is 4.74 Å². The Morgan fingerprint density at radius 2 is 1.87 bits per heavy atom. The third kappa shape index (κ3) is 4.21. The first kappa shape index (κ1) is 20.0. The van der Waals surface area contributed by atoms with Crippen molar-refractivity contribution >= 4 is 40.9 Å². The van der Waals surface area contributed by atoms with Crippen molar-refractivity contribution in [2.24, 2.45) is 0 Å². The number of rotatable bonds is 5. The first-order chi connectivity index (χ1) is 14.9. The normalized spacial score (nSPS) is 14.6. The van der Waals surface area contributed by atoms with Crippen LogP contribution < -0.4 is 15.2 Å². The van der Waals surface area contributed by atoms with Crippen molar-refractivity contribution in [3.8, 4) is 11.6 Å². The molecule has 0 radical (unpaired) electrons. The predicted octanol–water partition coefficient (Wildman–Crippen LogP) is 3.90. The number of carbonyl (C=O) groups is 2. The van der Waals surface area contributed by atoms with Crippen molar-refractivity contribution in [2.45, 2.75) is 0 Å². The zero-order valence-electron chi connectivity index (χ0n) is 15.7. The summed E-state index contributed by atoms with van der Waals surface area (Å²) in [6.45, 7) is 0. The Balaban J connectivity index is 1.54. The Hall–Kier alpha value is -4.24. The number of hydrogen-bond acceptors (Lipinski definition) is 6. The van der Waals surface area contributed by atoms with Crippen molar-refractivity contribution in [3.63, 3.8) is 0 Å². The van der Waals surface area contributed by atoms with Crippen LogP contribution in [0.2, 0.25) is 5.02 Å². The molecule has 154 valence electrons. The van der Waals surface area contributed by atoms with E-state index in [0.717, 1.165) is 6.20 Å². The number of carbonyl (C=O) groups excluding carboxylic acids is 2. The fourth-order valence-corrected chi connectivity index (χ4v) is 3.05. The summed E-state index contributed by atoms with van der Waals surface area (Å²) >= 11 is 6.26. The van der Waals surface area contributed by atoms with E-state index in [1.807, 2.05) is 0 Å². The highest BCUT2D eigenvalue weighted by atomic mass is 35.5. The summed E-state index contributed by atoms with van der Waals surface area (Å²) in [5.41, 5.74) is 3.38. The van der Waals surface area contributed by atoms with E-state index < -0.39 is 16.7 Å². The van der Waals surface area contributed by atoms with E-state index in [1.54, 1.807) is 42.5 Å². The number of pyridine rings is 1. The lowest BCUT2D eigenvalue weighted by Gasteiger charge is -2.13. The minimum atomic E-state index is -0.564. The summed E-state index contributed by atoms with van der Waals surface area (Å²) in [4.78, 5) is 38.9. The average Bonchev–Trinajstić information content (AvgIpc) is 3.05. The number of aromatic nitrogens is 1. The van der Waals surface area contributed by atoms with Gasteiger partial charge in [0.15, 0.2) is 0 Å². The quantitative estimate of drug-likeness (QED) is 0.281. The predicted molar refractivity (Wildman–Crippen MR) is 112 cm³/mol. The maximum atomic E-state index is 12.6. The van der Waals surface area contributed by atoms with Crippen molar-refractivity contribution in [1.82, 2.24) is 10.4 Å². The molecule has 0 saturated carbocycles. The molecule has 31 heavy (non-hydrogen) atoms. The van der Waals surface area contributed by atoms with Gasteiger partial charge in [0.05, 0.1) is 15.6 Å². The second-order valence-electron chi connectivity index (χ2n) is 6.38. The summed E-state index contributed by atoms with van der Waals surface area (Å²) in [6, 6.07) is 16.0. The molecule has 0 aliphatic carbocycles. The number of nitro groups is 1. The third-order valence-electron chi connectivity index (χ3n) is 4.32. The maximum Gasteiger partial charge on any atom is 0.287 e. The molecule has 4 rings (SSSR count). The minimum absolute atomic E-state index is 0.0365. The van der Waals surface area contributed by atoms with E-state index in [9.17, 15) is 19.7 Å². The molecule has 9 nitrogen and oxygen atoms in total. The maximum absolute atomic E-state index is 12.6. The van der Waals surface area contributed by atoms with Crippen LogP contribution in [0.1, 0.15) is 5.56 Å². The topological polar surface area (TPSA) is 115 Å². The highest BCUT2D eigenvalue weighted by Crippen LogP contribution is 2.31. The second kappa shape index (κ2) is 8.25. The van der Waals surface area contributed by atoms with Crippen molar-refractivity contribution in [2.75, 3.05) is 5.01 Å². The average molecular weight is 437 g/mol. The third-order valence-corrected chi connectivity index (χ3v) is 4.61. The van der Waals surface area contributed by atoms with Gasteiger partial charge in [0, 0.05) is 12.1 Å². The van der Waals surface area contributed by atoms with Gasteiger partial charge in [0.1, 0.15) is 17.5 Å². The smallest absolute Gasteiger partial charge is 0.287 e. The molecule has 1 aliphatic heterocycles.